The quantitative estimate of drug-likeness (QED) is 0.822. The average Bonchev–Trinajstić information content (AvgIpc) is 3.14. The number of hydrogen-bond donors (Lipinski definition) is 1. The van der Waals surface area contributed by atoms with Crippen molar-refractivity contribution in [3.63, 3.8) is 0 Å². The van der Waals surface area contributed by atoms with Gasteiger partial charge in [-0.2, -0.15) is 13.2 Å². The molecule has 2 heterocycles. The highest BCUT2D eigenvalue weighted by atomic mass is 32.2. The minimum absolute atomic E-state index is 0.0202. The lowest BCUT2D eigenvalue weighted by Gasteiger charge is -2.24. The summed E-state index contributed by atoms with van der Waals surface area (Å²) in [6.07, 6.45) is 1.49. The monoisotopic (exact) mass is 356 g/mol. The molecule has 7 heteroatoms. The number of nitrogens with one attached hydrogen (secondary N) is 1. The molecule has 1 fully saturated rings. The van der Waals surface area contributed by atoms with E-state index in [1.807, 2.05) is 24.6 Å². The molecule has 1 aliphatic heterocycles. The molecule has 0 aliphatic carbocycles. The highest BCUT2D eigenvalue weighted by Gasteiger charge is 2.40. The Morgan fingerprint density at radius 3 is 2.92 bits per heavy atom. The van der Waals surface area contributed by atoms with Crippen molar-refractivity contribution in [3.8, 4) is 0 Å². The molecule has 1 atom stereocenters. The minimum Gasteiger partial charge on any atom is -0.361 e. The highest BCUT2D eigenvalue weighted by Crippen LogP contribution is 2.29. The maximum absolute atomic E-state index is 12.5. The lowest BCUT2D eigenvalue weighted by Crippen LogP contribution is -2.40. The van der Waals surface area contributed by atoms with Gasteiger partial charge in [-0.25, -0.2) is 0 Å². The van der Waals surface area contributed by atoms with E-state index >= 15 is 0 Å². The van der Waals surface area contributed by atoms with Crippen molar-refractivity contribution >= 4 is 28.4 Å². The summed E-state index contributed by atoms with van der Waals surface area (Å²) < 4.78 is 37.5. The average molecular weight is 356 g/mol. The molecule has 1 N–H and O–H groups in total. The van der Waals surface area contributed by atoms with Gasteiger partial charge in [0, 0.05) is 28.0 Å². The Bertz CT molecular complexity index is 741. The zero-order chi connectivity index (χ0) is 17.3. The second-order valence-electron chi connectivity index (χ2n) is 6.12. The number of hydrogen-bond acceptors (Lipinski definition) is 3. The van der Waals surface area contributed by atoms with E-state index in [4.69, 9.17) is 0 Å². The number of carbonyl (C=O) groups excluding carboxylic acids is 1. The van der Waals surface area contributed by atoms with Gasteiger partial charge in [-0.1, -0.05) is 0 Å². The van der Waals surface area contributed by atoms with Gasteiger partial charge >= 0.3 is 6.18 Å². The molecule has 1 aliphatic rings. The normalized spacial score (nSPS) is 19.2. The van der Waals surface area contributed by atoms with Crippen molar-refractivity contribution in [2.75, 3.05) is 19.3 Å². The van der Waals surface area contributed by atoms with Crippen LogP contribution in [0, 0.1) is 0 Å². The first kappa shape index (κ1) is 17.4. The van der Waals surface area contributed by atoms with E-state index in [9.17, 15) is 18.0 Å². The molecule has 1 aromatic carbocycles. The highest BCUT2D eigenvalue weighted by molar-refractivity contribution is 7.98. The smallest absolute Gasteiger partial charge is 0.361 e. The number of nitrogens with zero attached hydrogens (tertiary/aromatic N) is 1. The summed E-state index contributed by atoms with van der Waals surface area (Å²) in [7, 11) is 0. The van der Waals surface area contributed by atoms with Gasteiger partial charge in [0.15, 0.2) is 0 Å². The van der Waals surface area contributed by atoms with Gasteiger partial charge in [-0.15, -0.1) is 11.8 Å². The van der Waals surface area contributed by atoms with Crippen LogP contribution in [0.2, 0.25) is 0 Å². The van der Waals surface area contributed by atoms with Crippen LogP contribution < -0.4 is 0 Å². The molecular weight excluding hydrogens is 337 g/mol. The number of ketones is 1. The SMILES string of the molecule is CSc1ccc2[nH]cc(CC3CCCN3CC(=O)C(F)(F)F)c2c1. The first-order valence-corrected chi connectivity index (χ1v) is 9.09. The fourth-order valence-electron chi connectivity index (χ4n) is 3.32. The molecule has 130 valence electrons. The van der Waals surface area contributed by atoms with Crippen molar-refractivity contribution < 1.29 is 18.0 Å². The second kappa shape index (κ2) is 6.80. The summed E-state index contributed by atoms with van der Waals surface area (Å²) in [6, 6.07) is 6.14. The summed E-state index contributed by atoms with van der Waals surface area (Å²) in [5.74, 6) is -1.65. The summed E-state index contributed by atoms with van der Waals surface area (Å²) in [5, 5.41) is 1.11. The van der Waals surface area contributed by atoms with E-state index < -0.39 is 18.5 Å². The van der Waals surface area contributed by atoms with E-state index in [-0.39, 0.29) is 6.04 Å². The van der Waals surface area contributed by atoms with Crippen molar-refractivity contribution in [1.29, 1.82) is 0 Å². The van der Waals surface area contributed by atoms with E-state index in [1.165, 1.54) is 0 Å². The van der Waals surface area contributed by atoms with Crippen LogP contribution in [0.25, 0.3) is 10.9 Å². The summed E-state index contributed by atoms with van der Waals surface area (Å²) in [6.45, 7) is 0.0114. The van der Waals surface area contributed by atoms with Crippen molar-refractivity contribution in [2.24, 2.45) is 0 Å². The van der Waals surface area contributed by atoms with Gasteiger partial charge in [-0.3, -0.25) is 9.69 Å². The van der Waals surface area contributed by atoms with Crippen LogP contribution in [-0.4, -0.2) is 47.2 Å². The molecule has 1 unspecified atom stereocenters. The van der Waals surface area contributed by atoms with Crippen LogP contribution in [0.15, 0.2) is 29.3 Å². The first-order valence-electron chi connectivity index (χ1n) is 7.86. The van der Waals surface area contributed by atoms with Crippen molar-refractivity contribution in [2.45, 2.75) is 36.4 Å². The van der Waals surface area contributed by atoms with Crippen LogP contribution >= 0.6 is 11.8 Å². The third-order valence-corrected chi connectivity index (χ3v) is 5.32. The van der Waals surface area contributed by atoms with Crippen LogP contribution in [0.3, 0.4) is 0 Å². The Kier molecular flexibility index (Phi) is 4.92. The molecule has 0 saturated carbocycles. The number of alkyl halides is 3. The molecule has 1 saturated heterocycles. The number of Topliss-reactive ketones (excluding diaryl/α,β-unsaturated/α-hetero) is 1. The van der Waals surface area contributed by atoms with Crippen LogP contribution in [0.1, 0.15) is 18.4 Å². The summed E-state index contributed by atoms with van der Waals surface area (Å²) in [4.78, 5) is 17.3. The molecule has 3 nitrogen and oxygen atoms in total. The molecule has 1 aromatic heterocycles. The standard InChI is InChI=1S/C17H19F3N2OS/c1-24-13-4-5-15-14(8-13)11(9-21-15)7-12-3-2-6-22(12)10-16(23)17(18,19)20/h4-5,8-9,12,21H,2-3,6-7,10H2,1H3. The second-order valence-corrected chi connectivity index (χ2v) is 7.00. The zero-order valence-corrected chi connectivity index (χ0v) is 14.1. The van der Waals surface area contributed by atoms with E-state index in [0.29, 0.717) is 13.0 Å². The predicted octanol–water partition coefficient (Wildman–Crippen LogP) is 4.03. The van der Waals surface area contributed by atoms with Gasteiger partial charge in [0.1, 0.15) is 0 Å². The number of aromatic amines is 1. The van der Waals surface area contributed by atoms with Crippen LogP contribution in [0.4, 0.5) is 13.2 Å². The first-order chi connectivity index (χ1) is 11.4. The third-order valence-electron chi connectivity index (χ3n) is 4.59. The maximum Gasteiger partial charge on any atom is 0.451 e. The Hall–Kier alpha value is -1.47. The molecule has 0 amide bonds. The Morgan fingerprint density at radius 1 is 1.42 bits per heavy atom. The molecule has 0 bridgehead atoms. The number of H-pyrrole nitrogens is 1. The number of likely N-dealkylation sites (tertiary alicyclic amines) is 1. The molecule has 2 aromatic rings. The third kappa shape index (κ3) is 3.62. The topological polar surface area (TPSA) is 36.1 Å². The Morgan fingerprint density at radius 2 is 2.21 bits per heavy atom. The summed E-state index contributed by atoms with van der Waals surface area (Å²) in [5.41, 5.74) is 2.12. The van der Waals surface area contributed by atoms with Gasteiger partial charge < -0.3 is 4.98 Å². The number of fused-ring (bicyclic) bond motifs is 1. The van der Waals surface area contributed by atoms with Gasteiger partial charge in [0.2, 0.25) is 5.78 Å². The Labute approximate surface area is 142 Å². The number of halogens is 3. The van der Waals surface area contributed by atoms with Crippen LogP contribution in [-0.2, 0) is 11.2 Å². The van der Waals surface area contributed by atoms with Crippen molar-refractivity contribution in [1.82, 2.24) is 9.88 Å². The number of rotatable bonds is 5. The van der Waals surface area contributed by atoms with E-state index in [1.54, 1.807) is 16.7 Å². The van der Waals surface area contributed by atoms with Gasteiger partial charge in [0.05, 0.1) is 6.54 Å². The van der Waals surface area contributed by atoms with Gasteiger partial charge in [-0.05, 0) is 55.8 Å². The van der Waals surface area contributed by atoms with Crippen LogP contribution in [0.5, 0.6) is 0 Å². The molecule has 0 radical (unpaired) electrons. The molecule has 0 spiro atoms. The minimum atomic E-state index is -4.75. The number of thioether (sulfide) groups is 1. The fourth-order valence-corrected chi connectivity index (χ4v) is 3.76. The molecule has 24 heavy (non-hydrogen) atoms. The molecule has 3 rings (SSSR count). The lowest BCUT2D eigenvalue weighted by molar-refractivity contribution is -0.172. The molecular formula is C17H19F3N2OS. The van der Waals surface area contributed by atoms with Crippen molar-refractivity contribution in [3.05, 3.63) is 30.0 Å². The zero-order valence-electron chi connectivity index (χ0n) is 13.3. The van der Waals surface area contributed by atoms with E-state index in [2.05, 4.69) is 11.1 Å². The number of carbonyl (C=O) groups is 1. The number of benzene rings is 1. The van der Waals surface area contributed by atoms with E-state index in [0.717, 1.165) is 34.2 Å². The number of aromatic nitrogens is 1. The summed E-state index contributed by atoms with van der Waals surface area (Å²) >= 11 is 1.66. The van der Waals surface area contributed by atoms with Gasteiger partial charge in [0.25, 0.3) is 0 Å². The maximum atomic E-state index is 12.5. The largest absolute Gasteiger partial charge is 0.451 e. The lowest BCUT2D eigenvalue weighted by atomic mass is 10.0. The fraction of sp³-hybridized carbons (Fsp3) is 0.471. The predicted molar refractivity (Wildman–Crippen MR) is 89.4 cm³/mol. The Balaban J connectivity index is 1.76.